The molecule has 1 spiro atoms. The second-order valence-corrected chi connectivity index (χ2v) is 6.20. The Bertz CT molecular complexity index is 663. The highest BCUT2D eigenvalue weighted by Gasteiger charge is 2.46. The predicted molar refractivity (Wildman–Crippen MR) is 77.7 cm³/mol. The molecule has 5 heteroatoms. The molecule has 2 fully saturated rings. The topological polar surface area (TPSA) is 56.5 Å². The van der Waals surface area contributed by atoms with Crippen LogP contribution in [0.15, 0.2) is 24.5 Å². The fourth-order valence-corrected chi connectivity index (χ4v) is 3.53. The van der Waals surface area contributed by atoms with Gasteiger partial charge in [-0.2, -0.15) is 0 Å². The molecule has 21 heavy (non-hydrogen) atoms. The van der Waals surface area contributed by atoms with E-state index in [0.717, 1.165) is 29.4 Å². The van der Waals surface area contributed by atoms with Crippen molar-refractivity contribution >= 4 is 11.0 Å². The van der Waals surface area contributed by atoms with Crippen LogP contribution < -0.4 is 0 Å². The third-order valence-electron chi connectivity index (χ3n) is 4.92. The Kier molecular flexibility index (Phi) is 2.86. The first-order chi connectivity index (χ1) is 10.1. The molecular weight excluding hydrogens is 268 g/mol. The average molecular weight is 288 g/mol. The Morgan fingerprint density at radius 1 is 1.14 bits per heavy atom. The lowest BCUT2D eigenvalue weighted by molar-refractivity contribution is -0.204. The van der Waals surface area contributed by atoms with Crippen molar-refractivity contribution < 1.29 is 14.6 Å². The number of benzene rings is 1. The molecule has 1 saturated heterocycles. The summed E-state index contributed by atoms with van der Waals surface area (Å²) in [4.78, 5) is 4.33. The van der Waals surface area contributed by atoms with Crippen LogP contribution in [0.1, 0.15) is 31.2 Å². The zero-order valence-electron chi connectivity index (χ0n) is 12.2. The lowest BCUT2D eigenvalue weighted by Gasteiger charge is -2.40. The predicted octanol–water partition coefficient (Wildman–Crippen LogP) is 2.08. The van der Waals surface area contributed by atoms with E-state index in [0.29, 0.717) is 26.1 Å². The third-order valence-corrected chi connectivity index (χ3v) is 4.92. The molecule has 0 bridgehead atoms. The summed E-state index contributed by atoms with van der Waals surface area (Å²) in [6.45, 7) is 1.33. The van der Waals surface area contributed by atoms with Crippen LogP contribution in [0.4, 0.5) is 0 Å². The molecule has 4 rings (SSSR count). The summed E-state index contributed by atoms with van der Waals surface area (Å²) in [5, 5.41) is 11.0. The van der Waals surface area contributed by atoms with Crippen LogP contribution in [0.25, 0.3) is 11.0 Å². The smallest absolute Gasteiger partial charge is 0.168 e. The van der Waals surface area contributed by atoms with Gasteiger partial charge >= 0.3 is 0 Å². The van der Waals surface area contributed by atoms with Crippen molar-refractivity contribution in [3.8, 4) is 0 Å². The molecule has 1 aliphatic carbocycles. The molecule has 0 atom stereocenters. The Morgan fingerprint density at radius 2 is 1.86 bits per heavy atom. The highest BCUT2D eigenvalue weighted by molar-refractivity contribution is 5.76. The molecule has 1 N–H and O–H groups in total. The molecule has 1 aliphatic heterocycles. The van der Waals surface area contributed by atoms with E-state index in [4.69, 9.17) is 9.47 Å². The van der Waals surface area contributed by atoms with E-state index >= 15 is 0 Å². The third kappa shape index (κ3) is 2.08. The number of fused-ring (bicyclic) bond motifs is 1. The first-order valence-corrected chi connectivity index (χ1v) is 7.52. The van der Waals surface area contributed by atoms with E-state index in [1.807, 2.05) is 23.7 Å². The zero-order chi connectivity index (χ0) is 14.5. The van der Waals surface area contributed by atoms with E-state index in [1.165, 1.54) is 0 Å². The minimum Gasteiger partial charge on any atom is -0.385 e. The van der Waals surface area contributed by atoms with Crippen molar-refractivity contribution in [1.82, 2.24) is 9.55 Å². The van der Waals surface area contributed by atoms with Gasteiger partial charge in [-0.25, -0.2) is 4.98 Å². The van der Waals surface area contributed by atoms with Gasteiger partial charge in [0.15, 0.2) is 5.79 Å². The minimum atomic E-state index is -0.793. The lowest BCUT2D eigenvalue weighted by atomic mass is 9.77. The standard InChI is InChI=1S/C16H20N2O3/c1-18-11-17-13-3-2-12(10-14(13)18)15(19)4-6-16(7-5-15)20-8-9-21-16/h2-3,10-11,19H,4-9H2,1H3. The van der Waals surface area contributed by atoms with Crippen molar-refractivity contribution in [2.45, 2.75) is 37.1 Å². The van der Waals surface area contributed by atoms with Crippen molar-refractivity contribution in [3.63, 3.8) is 0 Å². The van der Waals surface area contributed by atoms with Crippen LogP contribution in [-0.2, 0) is 22.1 Å². The summed E-state index contributed by atoms with van der Waals surface area (Å²) in [5.41, 5.74) is 2.18. The van der Waals surface area contributed by atoms with Gasteiger partial charge in [-0.05, 0) is 30.5 Å². The van der Waals surface area contributed by atoms with Gasteiger partial charge in [-0.1, -0.05) is 6.07 Å². The molecule has 112 valence electrons. The highest BCUT2D eigenvalue weighted by Crippen LogP contribution is 2.45. The first-order valence-electron chi connectivity index (χ1n) is 7.52. The summed E-state index contributed by atoms with van der Waals surface area (Å²) in [7, 11) is 1.97. The maximum absolute atomic E-state index is 11.0. The monoisotopic (exact) mass is 288 g/mol. The molecule has 0 unspecified atom stereocenters. The van der Waals surface area contributed by atoms with E-state index in [-0.39, 0.29) is 0 Å². The average Bonchev–Trinajstić information content (AvgIpc) is 3.11. The number of aromatic nitrogens is 2. The van der Waals surface area contributed by atoms with E-state index < -0.39 is 11.4 Å². The van der Waals surface area contributed by atoms with Gasteiger partial charge in [0.25, 0.3) is 0 Å². The fraction of sp³-hybridized carbons (Fsp3) is 0.562. The molecule has 1 saturated carbocycles. The molecule has 2 aromatic rings. The van der Waals surface area contributed by atoms with Crippen LogP contribution >= 0.6 is 0 Å². The number of hydrogen-bond donors (Lipinski definition) is 1. The van der Waals surface area contributed by atoms with Crippen molar-refractivity contribution in [2.75, 3.05) is 13.2 Å². The summed E-state index contributed by atoms with van der Waals surface area (Å²) < 4.78 is 13.5. The van der Waals surface area contributed by atoms with Crippen LogP contribution in [0.2, 0.25) is 0 Å². The minimum absolute atomic E-state index is 0.442. The van der Waals surface area contributed by atoms with E-state index in [9.17, 15) is 5.11 Å². The molecule has 2 heterocycles. The zero-order valence-corrected chi connectivity index (χ0v) is 12.2. The summed E-state index contributed by atoms with van der Waals surface area (Å²) in [6.07, 6.45) is 4.61. The molecule has 0 amide bonds. The van der Waals surface area contributed by atoms with Crippen LogP contribution in [-0.4, -0.2) is 33.7 Å². The molecule has 5 nitrogen and oxygen atoms in total. The molecule has 2 aliphatic rings. The van der Waals surface area contributed by atoms with Crippen LogP contribution in [0, 0.1) is 0 Å². The molecule has 1 aromatic heterocycles. The van der Waals surface area contributed by atoms with Crippen molar-refractivity contribution in [3.05, 3.63) is 30.1 Å². The second kappa shape index (κ2) is 4.53. The fourth-order valence-electron chi connectivity index (χ4n) is 3.53. The largest absolute Gasteiger partial charge is 0.385 e. The van der Waals surface area contributed by atoms with E-state index in [2.05, 4.69) is 11.1 Å². The van der Waals surface area contributed by atoms with Gasteiger partial charge in [-0.15, -0.1) is 0 Å². The Labute approximate surface area is 123 Å². The number of hydrogen-bond acceptors (Lipinski definition) is 4. The normalized spacial score (nSPS) is 23.9. The van der Waals surface area contributed by atoms with Gasteiger partial charge in [0.2, 0.25) is 0 Å². The maximum atomic E-state index is 11.0. The van der Waals surface area contributed by atoms with Gasteiger partial charge in [0.05, 0.1) is 36.2 Å². The van der Waals surface area contributed by atoms with Crippen molar-refractivity contribution in [2.24, 2.45) is 7.05 Å². The number of aliphatic hydroxyl groups is 1. The second-order valence-electron chi connectivity index (χ2n) is 6.20. The molecular formula is C16H20N2O3. The summed E-state index contributed by atoms with van der Waals surface area (Å²) in [6, 6.07) is 6.02. The van der Waals surface area contributed by atoms with Gasteiger partial charge in [0, 0.05) is 19.9 Å². The number of ether oxygens (including phenoxy) is 2. The number of imidazole rings is 1. The van der Waals surface area contributed by atoms with Crippen LogP contribution in [0.3, 0.4) is 0 Å². The Hall–Kier alpha value is -1.43. The first kappa shape index (κ1) is 13.2. The maximum Gasteiger partial charge on any atom is 0.168 e. The van der Waals surface area contributed by atoms with E-state index in [1.54, 1.807) is 6.33 Å². The number of rotatable bonds is 1. The van der Waals surface area contributed by atoms with Crippen molar-refractivity contribution in [1.29, 1.82) is 0 Å². The Morgan fingerprint density at radius 3 is 2.57 bits per heavy atom. The summed E-state index contributed by atoms with van der Waals surface area (Å²) >= 11 is 0. The molecule has 0 radical (unpaired) electrons. The SMILES string of the molecule is Cn1cnc2ccc(C3(O)CCC4(CC3)OCCO4)cc21. The Balaban J connectivity index is 1.63. The molecule has 1 aromatic carbocycles. The van der Waals surface area contributed by atoms with Gasteiger partial charge in [0.1, 0.15) is 0 Å². The lowest BCUT2D eigenvalue weighted by Crippen LogP contribution is -2.42. The van der Waals surface area contributed by atoms with Crippen LogP contribution in [0.5, 0.6) is 0 Å². The summed E-state index contributed by atoms with van der Waals surface area (Å²) in [5.74, 6) is -0.442. The highest BCUT2D eigenvalue weighted by atomic mass is 16.7. The number of aryl methyl sites for hydroxylation is 1. The van der Waals surface area contributed by atoms with Gasteiger partial charge in [-0.3, -0.25) is 0 Å². The quantitative estimate of drug-likeness (QED) is 0.873. The van der Waals surface area contributed by atoms with Gasteiger partial charge < -0.3 is 19.1 Å². The number of nitrogens with zero attached hydrogens (tertiary/aromatic N) is 2.